The van der Waals surface area contributed by atoms with Crippen LogP contribution in [0.2, 0.25) is 0 Å². The zero-order chi connectivity index (χ0) is 19.9. The lowest BCUT2D eigenvalue weighted by atomic mass is 10.1. The predicted octanol–water partition coefficient (Wildman–Crippen LogP) is 1.18. The molecule has 2 amide bonds. The van der Waals surface area contributed by atoms with Crippen molar-refractivity contribution in [1.29, 1.82) is 0 Å². The number of aryl methyl sites for hydroxylation is 1. The van der Waals surface area contributed by atoms with Gasteiger partial charge in [-0.3, -0.25) is 9.59 Å². The molecule has 0 aliphatic heterocycles. The number of carbonyl (C=O) groups excluding carboxylic acids is 2. The summed E-state index contributed by atoms with van der Waals surface area (Å²) >= 11 is 0. The molecular formula is C19H20N6O3. The van der Waals surface area contributed by atoms with Gasteiger partial charge >= 0.3 is 11.8 Å². The Bertz CT molecular complexity index is 968. The highest BCUT2D eigenvalue weighted by atomic mass is 16.5. The summed E-state index contributed by atoms with van der Waals surface area (Å²) in [4.78, 5) is 25.4. The lowest BCUT2D eigenvalue weighted by Gasteiger charge is -2.09. The smallest absolute Gasteiger partial charge is 0.313 e. The SMILES string of the molecule is COc1ccccc1CCNC(=O)C(=O)Nc1ccc(-c2nnn(C)n2)cc1. The molecule has 0 saturated carbocycles. The molecule has 0 spiro atoms. The first-order valence-corrected chi connectivity index (χ1v) is 8.62. The average molecular weight is 380 g/mol. The molecule has 3 aromatic rings. The topological polar surface area (TPSA) is 111 Å². The lowest BCUT2D eigenvalue weighted by molar-refractivity contribution is -0.136. The maximum atomic E-state index is 12.1. The number of nitrogens with zero attached hydrogens (tertiary/aromatic N) is 4. The normalized spacial score (nSPS) is 10.4. The van der Waals surface area contributed by atoms with Crippen LogP contribution in [-0.2, 0) is 23.1 Å². The van der Waals surface area contributed by atoms with Crippen LogP contribution in [0.3, 0.4) is 0 Å². The van der Waals surface area contributed by atoms with Gasteiger partial charge in [0, 0.05) is 17.8 Å². The minimum absolute atomic E-state index is 0.323. The molecule has 28 heavy (non-hydrogen) atoms. The maximum Gasteiger partial charge on any atom is 0.313 e. The van der Waals surface area contributed by atoms with E-state index in [1.165, 1.54) is 4.80 Å². The number of tetrazole rings is 1. The number of hydrogen-bond donors (Lipinski definition) is 2. The minimum atomic E-state index is -0.731. The van der Waals surface area contributed by atoms with Crippen LogP contribution in [0.25, 0.3) is 11.4 Å². The maximum absolute atomic E-state index is 12.1. The van der Waals surface area contributed by atoms with Crippen LogP contribution in [0.4, 0.5) is 5.69 Å². The number of para-hydroxylation sites is 1. The molecule has 2 aromatic carbocycles. The molecule has 3 rings (SSSR count). The number of ether oxygens (including phenoxy) is 1. The number of nitrogens with one attached hydrogen (secondary N) is 2. The molecule has 0 radical (unpaired) electrons. The van der Waals surface area contributed by atoms with E-state index in [0.29, 0.717) is 24.5 Å². The van der Waals surface area contributed by atoms with Crippen molar-refractivity contribution < 1.29 is 14.3 Å². The zero-order valence-corrected chi connectivity index (χ0v) is 15.5. The largest absolute Gasteiger partial charge is 0.496 e. The van der Waals surface area contributed by atoms with Crippen molar-refractivity contribution >= 4 is 17.5 Å². The summed E-state index contributed by atoms with van der Waals surface area (Å²) in [6.07, 6.45) is 0.558. The van der Waals surface area contributed by atoms with E-state index in [1.807, 2.05) is 24.3 Å². The number of benzene rings is 2. The van der Waals surface area contributed by atoms with E-state index in [4.69, 9.17) is 4.74 Å². The van der Waals surface area contributed by atoms with Gasteiger partial charge in [0.1, 0.15) is 5.75 Å². The van der Waals surface area contributed by atoms with Gasteiger partial charge in [-0.05, 0) is 47.5 Å². The van der Waals surface area contributed by atoms with Crippen molar-refractivity contribution in [3.05, 3.63) is 54.1 Å². The first-order chi connectivity index (χ1) is 13.6. The predicted molar refractivity (Wildman–Crippen MR) is 103 cm³/mol. The van der Waals surface area contributed by atoms with Crippen molar-refractivity contribution in [2.24, 2.45) is 7.05 Å². The summed E-state index contributed by atoms with van der Waals surface area (Å²) in [5.74, 6) is -0.201. The molecule has 0 aliphatic carbocycles. The van der Waals surface area contributed by atoms with Gasteiger partial charge in [0.25, 0.3) is 0 Å². The van der Waals surface area contributed by atoms with E-state index in [2.05, 4.69) is 26.0 Å². The van der Waals surface area contributed by atoms with Crippen LogP contribution in [-0.4, -0.2) is 45.7 Å². The van der Waals surface area contributed by atoms with Crippen LogP contribution >= 0.6 is 0 Å². The fourth-order valence-corrected chi connectivity index (χ4v) is 2.59. The van der Waals surface area contributed by atoms with Gasteiger partial charge in [0.2, 0.25) is 5.82 Å². The summed E-state index contributed by atoms with van der Waals surface area (Å²) in [6, 6.07) is 14.4. The molecule has 9 nitrogen and oxygen atoms in total. The lowest BCUT2D eigenvalue weighted by Crippen LogP contribution is -2.36. The molecule has 1 aromatic heterocycles. The van der Waals surface area contributed by atoms with Gasteiger partial charge in [0.15, 0.2) is 0 Å². The molecule has 0 saturated heterocycles. The number of methoxy groups -OCH3 is 1. The highest BCUT2D eigenvalue weighted by Crippen LogP contribution is 2.18. The van der Waals surface area contributed by atoms with Crippen LogP contribution < -0.4 is 15.4 Å². The summed E-state index contributed by atoms with van der Waals surface area (Å²) in [5, 5.41) is 17.0. The quantitative estimate of drug-likeness (QED) is 0.621. The highest BCUT2D eigenvalue weighted by molar-refractivity contribution is 6.39. The van der Waals surface area contributed by atoms with E-state index < -0.39 is 11.8 Å². The minimum Gasteiger partial charge on any atom is -0.496 e. The Morgan fingerprint density at radius 2 is 1.82 bits per heavy atom. The van der Waals surface area contributed by atoms with Crippen molar-refractivity contribution in [3.8, 4) is 17.1 Å². The van der Waals surface area contributed by atoms with Crippen LogP contribution in [0, 0.1) is 0 Å². The number of hydrogen-bond acceptors (Lipinski definition) is 6. The fraction of sp³-hybridized carbons (Fsp3) is 0.211. The Balaban J connectivity index is 1.50. The Hall–Kier alpha value is -3.75. The fourth-order valence-electron chi connectivity index (χ4n) is 2.59. The molecule has 0 aliphatic rings. The first-order valence-electron chi connectivity index (χ1n) is 8.62. The number of aromatic nitrogens is 4. The van der Waals surface area contributed by atoms with E-state index in [-0.39, 0.29) is 0 Å². The molecule has 2 N–H and O–H groups in total. The second kappa shape index (κ2) is 8.76. The molecule has 0 fully saturated rings. The van der Waals surface area contributed by atoms with Gasteiger partial charge in [0.05, 0.1) is 14.2 Å². The third-order valence-electron chi connectivity index (χ3n) is 3.99. The monoisotopic (exact) mass is 380 g/mol. The molecule has 1 heterocycles. The number of carbonyl (C=O) groups is 2. The summed E-state index contributed by atoms with van der Waals surface area (Å²) in [7, 11) is 3.27. The van der Waals surface area contributed by atoms with Crippen molar-refractivity contribution in [3.63, 3.8) is 0 Å². The zero-order valence-electron chi connectivity index (χ0n) is 15.5. The molecule has 9 heteroatoms. The van der Waals surface area contributed by atoms with Crippen molar-refractivity contribution in [1.82, 2.24) is 25.5 Å². The highest BCUT2D eigenvalue weighted by Gasteiger charge is 2.14. The van der Waals surface area contributed by atoms with Gasteiger partial charge < -0.3 is 15.4 Å². The van der Waals surface area contributed by atoms with Gasteiger partial charge in [-0.15, -0.1) is 10.2 Å². The molecule has 144 valence electrons. The Kier molecular flexibility index (Phi) is 5.95. The number of rotatable bonds is 6. The molecule has 0 unspecified atom stereocenters. The van der Waals surface area contributed by atoms with Crippen molar-refractivity contribution in [2.45, 2.75) is 6.42 Å². The Morgan fingerprint density at radius 1 is 1.07 bits per heavy atom. The standard InChI is InChI=1S/C19H20N6O3/c1-25-23-17(22-24-25)14-7-9-15(10-8-14)21-19(27)18(26)20-12-11-13-5-3-4-6-16(13)28-2/h3-10H,11-12H2,1-2H3,(H,20,26)(H,21,27). The van der Waals surface area contributed by atoms with Gasteiger partial charge in [-0.2, -0.15) is 4.80 Å². The van der Waals surface area contributed by atoms with Crippen LogP contribution in [0.1, 0.15) is 5.56 Å². The number of amides is 2. The summed E-state index contributed by atoms with van der Waals surface area (Å²) < 4.78 is 5.27. The average Bonchev–Trinajstić information content (AvgIpc) is 3.15. The van der Waals surface area contributed by atoms with E-state index in [0.717, 1.165) is 16.9 Å². The third-order valence-corrected chi connectivity index (χ3v) is 3.99. The summed E-state index contributed by atoms with van der Waals surface area (Å²) in [5.41, 5.74) is 2.21. The molecule has 0 atom stereocenters. The van der Waals surface area contributed by atoms with E-state index >= 15 is 0 Å². The third kappa shape index (κ3) is 4.70. The Labute approximate surface area is 161 Å². The van der Waals surface area contributed by atoms with Gasteiger partial charge in [-0.1, -0.05) is 18.2 Å². The Morgan fingerprint density at radius 3 is 2.50 bits per heavy atom. The van der Waals surface area contributed by atoms with E-state index in [9.17, 15) is 9.59 Å². The van der Waals surface area contributed by atoms with Gasteiger partial charge in [-0.25, -0.2) is 0 Å². The second-order valence-corrected chi connectivity index (χ2v) is 5.95. The van der Waals surface area contributed by atoms with E-state index in [1.54, 1.807) is 38.4 Å². The summed E-state index contributed by atoms with van der Waals surface area (Å²) in [6.45, 7) is 0.323. The first kappa shape index (κ1) is 19.0. The second-order valence-electron chi connectivity index (χ2n) is 5.95. The molecule has 0 bridgehead atoms. The number of anilines is 1. The van der Waals surface area contributed by atoms with Crippen molar-refractivity contribution in [2.75, 3.05) is 19.0 Å². The van der Waals surface area contributed by atoms with Crippen LogP contribution in [0.15, 0.2) is 48.5 Å². The van der Waals surface area contributed by atoms with Crippen LogP contribution in [0.5, 0.6) is 5.75 Å². The molecular weight excluding hydrogens is 360 g/mol.